The van der Waals surface area contributed by atoms with Gasteiger partial charge in [0.25, 0.3) is 0 Å². The molecule has 0 aliphatic heterocycles. The van der Waals surface area contributed by atoms with Crippen molar-refractivity contribution in [1.29, 1.82) is 0 Å². The molecule has 0 aliphatic rings. The number of carbonyl (C=O) groups is 2. The summed E-state index contributed by atoms with van der Waals surface area (Å²) in [5.41, 5.74) is 0. The standard InChI is InChI=1S/C20H36O4/c1-4-6-8-9-10-11-12-14-16-20(22)24-18(3)17-23-19(21)15-13-7-5-2/h4,18H,1,5-17H2,2-3H3/t18-/m0/s1. The van der Waals surface area contributed by atoms with Crippen molar-refractivity contribution in [3.8, 4) is 0 Å². The van der Waals surface area contributed by atoms with Crippen LogP contribution in [-0.4, -0.2) is 24.6 Å². The highest BCUT2D eigenvalue weighted by atomic mass is 16.6. The lowest BCUT2D eigenvalue weighted by molar-refractivity contribution is -0.158. The number of esters is 2. The van der Waals surface area contributed by atoms with Crippen molar-refractivity contribution in [3.63, 3.8) is 0 Å². The average molecular weight is 341 g/mol. The van der Waals surface area contributed by atoms with Crippen LogP contribution in [0.25, 0.3) is 0 Å². The molecule has 0 heterocycles. The maximum absolute atomic E-state index is 11.7. The molecular formula is C20H36O4. The molecule has 0 rings (SSSR count). The minimum Gasteiger partial charge on any atom is -0.462 e. The monoisotopic (exact) mass is 340 g/mol. The highest BCUT2D eigenvalue weighted by molar-refractivity contribution is 5.70. The summed E-state index contributed by atoms with van der Waals surface area (Å²) >= 11 is 0. The summed E-state index contributed by atoms with van der Waals surface area (Å²) in [6.07, 6.45) is 13.3. The number of rotatable bonds is 16. The SMILES string of the molecule is C=CCCCCCCCCC(=O)O[C@@H](C)COC(=O)CCCCC. The first-order chi connectivity index (χ1) is 11.6. The lowest BCUT2D eigenvalue weighted by atomic mass is 10.1. The fourth-order valence-electron chi connectivity index (χ4n) is 2.38. The predicted octanol–water partition coefficient (Wildman–Crippen LogP) is 5.35. The maximum Gasteiger partial charge on any atom is 0.306 e. The zero-order chi connectivity index (χ0) is 18.0. The normalized spacial score (nSPS) is 11.8. The van der Waals surface area contributed by atoms with Crippen molar-refractivity contribution in [2.45, 2.75) is 97.0 Å². The smallest absolute Gasteiger partial charge is 0.306 e. The molecule has 0 N–H and O–H groups in total. The third-order valence-corrected chi connectivity index (χ3v) is 3.84. The van der Waals surface area contributed by atoms with Crippen LogP contribution in [0, 0.1) is 0 Å². The molecule has 140 valence electrons. The van der Waals surface area contributed by atoms with Crippen molar-refractivity contribution < 1.29 is 19.1 Å². The molecular weight excluding hydrogens is 304 g/mol. The van der Waals surface area contributed by atoms with E-state index in [1.807, 2.05) is 6.08 Å². The minimum absolute atomic E-state index is 0.153. The number of carbonyl (C=O) groups excluding carboxylic acids is 2. The molecule has 0 unspecified atom stereocenters. The van der Waals surface area contributed by atoms with Crippen LogP contribution < -0.4 is 0 Å². The number of hydrogen-bond donors (Lipinski definition) is 0. The molecule has 0 bridgehead atoms. The van der Waals surface area contributed by atoms with Crippen LogP contribution in [0.5, 0.6) is 0 Å². The molecule has 1 atom stereocenters. The quantitative estimate of drug-likeness (QED) is 0.216. The van der Waals surface area contributed by atoms with Gasteiger partial charge in [0, 0.05) is 12.8 Å². The highest BCUT2D eigenvalue weighted by Crippen LogP contribution is 2.10. The highest BCUT2D eigenvalue weighted by Gasteiger charge is 2.12. The van der Waals surface area contributed by atoms with Crippen molar-refractivity contribution in [1.82, 2.24) is 0 Å². The van der Waals surface area contributed by atoms with E-state index < -0.39 is 0 Å². The van der Waals surface area contributed by atoms with Crippen LogP contribution in [0.3, 0.4) is 0 Å². The van der Waals surface area contributed by atoms with Gasteiger partial charge in [-0.1, -0.05) is 51.5 Å². The Balaban J connectivity index is 3.51. The number of ether oxygens (including phenoxy) is 2. The molecule has 0 aliphatic carbocycles. The Morgan fingerprint density at radius 2 is 1.50 bits per heavy atom. The van der Waals surface area contributed by atoms with Gasteiger partial charge in [-0.3, -0.25) is 9.59 Å². The van der Waals surface area contributed by atoms with Gasteiger partial charge < -0.3 is 9.47 Å². The molecule has 0 aromatic rings. The summed E-state index contributed by atoms with van der Waals surface area (Å²) in [7, 11) is 0. The fourth-order valence-corrected chi connectivity index (χ4v) is 2.38. The second-order valence-electron chi connectivity index (χ2n) is 6.39. The van der Waals surface area contributed by atoms with Gasteiger partial charge in [-0.25, -0.2) is 0 Å². The van der Waals surface area contributed by atoms with E-state index in [0.717, 1.165) is 44.9 Å². The van der Waals surface area contributed by atoms with Crippen LogP contribution >= 0.6 is 0 Å². The zero-order valence-corrected chi connectivity index (χ0v) is 15.7. The van der Waals surface area contributed by atoms with E-state index in [2.05, 4.69) is 13.5 Å². The van der Waals surface area contributed by atoms with Crippen molar-refractivity contribution >= 4 is 11.9 Å². The molecule has 4 nitrogen and oxygen atoms in total. The lowest BCUT2D eigenvalue weighted by Crippen LogP contribution is -2.22. The van der Waals surface area contributed by atoms with Crippen LogP contribution in [0.1, 0.15) is 90.9 Å². The molecule has 0 amide bonds. The Labute approximate surface area is 148 Å². The summed E-state index contributed by atoms with van der Waals surface area (Å²) in [5.74, 6) is -0.404. The summed E-state index contributed by atoms with van der Waals surface area (Å²) in [4.78, 5) is 23.2. The topological polar surface area (TPSA) is 52.6 Å². The first-order valence-electron chi connectivity index (χ1n) is 9.56. The summed E-state index contributed by atoms with van der Waals surface area (Å²) in [6.45, 7) is 7.72. The van der Waals surface area contributed by atoms with E-state index in [-0.39, 0.29) is 24.6 Å². The molecule has 0 aromatic heterocycles. The Morgan fingerprint density at radius 3 is 2.17 bits per heavy atom. The summed E-state index contributed by atoms with van der Waals surface area (Å²) in [6, 6.07) is 0. The van der Waals surface area contributed by atoms with Crippen LogP contribution in [0.4, 0.5) is 0 Å². The van der Waals surface area contributed by atoms with Gasteiger partial charge in [-0.15, -0.1) is 6.58 Å². The van der Waals surface area contributed by atoms with Gasteiger partial charge in [0.15, 0.2) is 0 Å². The first kappa shape index (κ1) is 22.7. The van der Waals surface area contributed by atoms with Crippen LogP contribution in [0.2, 0.25) is 0 Å². The van der Waals surface area contributed by atoms with Gasteiger partial charge in [0.05, 0.1) is 0 Å². The Hall–Kier alpha value is -1.32. The Kier molecular flexibility index (Phi) is 15.6. The van der Waals surface area contributed by atoms with E-state index in [1.54, 1.807) is 6.92 Å². The van der Waals surface area contributed by atoms with E-state index in [1.165, 1.54) is 19.3 Å². The maximum atomic E-state index is 11.7. The van der Waals surface area contributed by atoms with Gasteiger partial charge >= 0.3 is 11.9 Å². The van der Waals surface area contributed by atoms with E-state index in [0.29, 0.717) is 12.8 Å². The minimum atomic E-state index is -0.369. The van der Waals surface area contributed by atoms with E-state index in [9.17, 15) is 9.59 Å². The Bertz CT molecular complexity index is 339. The number of unbranched alkanes of at least 4 members (excludes halogenated alkanes) is 8. The molecule has 0 saturated carbocycles. The van der Waals surface area contributed by atoms with Crippen molar-refractivity contribution in [2.75, 3.05) is 6.61 Å². The van der Waals surface area contributed by atoms with Gasteiger partial charge in [-0.05, 0) is 32.6 Å². The average Bonchev–Trinajstić information content (AvgIpc) is 2.55. The van der Waals surface area contributed by atoms with E-state index in [4.69, 9.17) is 9.47 Å². The predicted molar refractivity (Wildman–Crippen MR) is 97.8 cm³/mol. The van der Waals surface area contributed by atoms with E-state index >= 15 is 0 Å². The molecule has 0 saturated heterocycles. The van der Waals surface area contributed by atoms with Gasteiger partial charge in [0.1, 0.15) is 12.7 Å². The zero-order valence-electron chi connectivity index (χ0n) is 15.7. The third-order valence-electron chi connectivity index (χ3n) is 3.84. The fraction of sp³-hybridized carbons (Fsp3) is 0.800. The third kappa shape index (κ3) is 15.6. The van der Waals surface area contributed by atoms with Crippen molar-refractivity contribution in [3.05, 3.63) is 12.7 Å². The van der Waals surface area contributed by atoms with Crippen molar-refractivity contribution in [2.24, 2.45) is 0 Å². The van der Waals surface area contributed by atoms with Gasteiger partial charge in [-0.2, -0.15) is 0 Å². The molecule has 4 heteroatoms. The van der Waals surface area contributed by atoms with Crippen LogP contribution in [-0.2, 0) is 19.1 Å². The number of hydrogen-bond acceptors (Lipinski definition) is 4. The first-order valence-corrected chi connectivity index (χ1v) is 9.56. The molecule has 0 spiro atoms. The molecule has 0 fully saturated rings. The number of allylic oxidation sites excluding steroid dienone is 1. The second-order valence-corrected chi connectivity index (χ2v) is 6.39. The molecule has 0 aromatic carbocycles. The largest absolute Gasteiger partial charge is 0.462 e. The second kappa shape index (κ2) is 16.5. The summed E-state index contributed by atoms with van der Waals surface area (Å²) in [5, 5.41) is 0. The lowest BCUT2D eigenvalue weighted by Gasteiger charge is -2.13. The van der Waals surface area contributed by atoms with Gasteiger partial charge in [0.2, 0.25) is 0 Å². The molecule has 0 radical (unpaired) electrons. The molecule has 24 heavy (non-hydrogen) atoms. The summed E-state index contributed by atoms with van der Waals surface area (Å²) < 4.78 is 10.4. The van der Waals surface area contributed by atoms with Crippen LogP contribution in [0.15, 0.2) is 12.7 Å². The Morgan fingerprint density at radius 1 is 0.917 bits per heavy atom.